The Morgan fingerprint density at radius 2 is 2.00 bits per heavy atom. The average molecular weight is 379 g/mol. The molecule has 1 heterocycles. The van der Waals surface area contributed by atoms with Crippen LogP contribution in [0.3, 0.4) is 0 Å². The minimum atomic E-state index is -0.307. The molecule has 138 valence electrons. The van der Waals surface area contributed by atoms with Crippen molar-refractivity contribution in [2.75, 3.05) is 26.1 Å². The van der Waals surface area contributed by atoms with Crippen molar-refractivity contribution in [2.24, 2.45) is 0 Å². The van der Waals surface area contributed by atoms with Gasteiger partial charge in [0, 0.05) is 12.6 Å². The second-order valence-corrected chi connectivity index (χ2v) is 6.43. The van der Waals surface area contributed by atoms with E-state index in [-0.39, 0.29) is 17.9 Å². The van der Waals surface area contributed by atoms with E-state index in [2.05, 4.69) is 5.32 Å². The number of hydrogen-bond donors (Lipinski definition) is 1. The Morgan fingerprint density at radius 3 is 2.69 bits per heavy atom. The first-order chi connectivity index (χ1) is 12.5. The van der Waals surface area contributed by atoms with Gasteiger partial charge in [-0.2, -0.15) is 0 Å². The zero-order valence-corrected chi connectivity index (χ0v) is 15.3. The van der Waals surface area contributed by atoms with Crippen molar-refractivity contribution in [3.63, 3.8) is 0 Å². The summed E-state index contributed by atoms with van der Waals surface area (Å²) in [5, 5.41) is 3.21. The highest BCUT2D eigenvalue weighted by molar-refractivity contribution is 6.32. The van der Waals surface area contributed by atoms with Crippen LogP contribution in [0.2, 0.25) is 5.02 Å². The molecule has 0 aliphatic carbocycles. The highest BCUT2D eigenvalue weighted by Crippen LogP contribution is 2.37. The highest BCUT2D eigenvalue weighted by Gasteiger charge is 2.30. The number of nitrogens with zero attached hydrogens (tertiary/aromatic N) is 1. The number of urea groups is 1. The van der Waals surface area contributed by atoms with Gasteiger partial charge in [0.05, 0.1) is 31.0 Å². The van der Waals surface area contributed by atoms with Crippen LogP contribution in [0.1, 0.15) is 24.4 Å². The number of nitrogens with one attached hydrogen (secondary N) is 1. The third kappa shape index (κ3) is 3.70. The molecule has 1 atom stereocenters. The molecule has 7 heteroatoms. The zero-order valence-electron chi connectivity index (χ0n) is 14.6. The molecule has 3 rings (SSSR count). The average Bonchev–Trinajstić information content (AvgIpc) is 3.12. The molecule has 0 unspecified atom stereocenters. The fourth-order valence-corrected chi connectivity index (χ4v) is 3.46. The molecule has 5 nitrogen and oxygen atoms in total. The Labute approximate surface area is 156 Å². The van der Waals surface area contributed by atoms with Gasteiger partial charge in [0.15, 0.2) is 0 Å². The smallest absolute Gasteiger partial charge is 0.322 e. The monoisotopic (exact) mass is 378 g/mol. The van der Waals surface area contributed by atoms with Gasteiger partial charge in [-0.25, -0.2) is 9.18 Å². The van der Waals surface area contributed by atoms with Crippen molar-refractivity contribution >= 4 is 23.3 Å². The van der Waals surface area contributed by atoms with Gasteiger partial charge in [-0.05, 0) is 36.6 Å². The first-order valence-corrected chi connectivity index (χ1v) is 8.66. The number of benzene rings is 2. The van der Waals surface area contributed by atoms with Crippen molar-refractivity contribution in [1.29, 1.82) is 0 Å². The SMILES string of the molecule is COc1cc(OC)c(NC(=O)N2CCC[C@@H]2c2cccc(F)c2)cc1Cl. The summed E-state index contributed by atoms with van der Waals surface area (Å²) in [7, 11) is 3.01. The fourth-order valence-electron chi connectivity index (χ4n) is 3.21. The van der Waals surface area contributed by atoms with Gasteiger partial charge in [-0.3, -0.25) is 0 Å². The lowest BCUT2D eigenvalue weighted by molar-refractivity contribution is 0.207. The molecular formula is C19H20ClFN2O3. The van der Waals surface area contributed by atoms with Crippen molar-refractivity contribution in [3.8, 4) is 11.5 Å². The van der Waals surface area contributed by atoms with E-state index in [1.54, 1.807) is 23.1 Å². The number of carbonyl (C=O) groups excluding carboxylic acids is 1. The molecule has 0 spiro atoms. The molecule has 1 aliphatic heterocycles. The van der Waals surface area contributed by atoms with E-state index < -0.39 is 0 Å². The predicted molar refractivity (Wildman–Crippen MR) is 98.7 cm³/mol. The van der Waals surface area contributed by atoms with Gasteiger partial charge in [-0.15, -0.1) is 0 Å². The van der Waals surface area contributed by atoms with Crippen LogP contribution in [0.25, 0.3) is 0 Å². The second-order valence-electron chi connectivity index (χ2n) is 6.02. The van der Waals surface area contributed by atoms with E-state index in [0.717, 1.165) is 18.4 Å². The standard InChI is InChI=1S/C19H20ClFN2O3/c1-25-17-11-18(26-2)15(10-14(17)20)22-19(24)23-8-4-7-16(23)12-5-3-6-13(21)9-12/h3,5-6,9-11,16H,4,7-8H2,1-2H3,(H,22,24)/t16-/m1/s1. The van der Waals surface area contributed by atoms with Crippen molar-refractivity contribution in [1.82, 2.24) is 4.90 Å². The summed E-state index contributed by atoms with van der Waals surface area (Å²) in [5.41, 5.74) is 1.24. The Kier molecular flexibility index (Phi) is 5.52. The fraction of sp³-hybridized carbons (Fsp3) is 0.316. The topological polar surface area (TPSA) is 50.8 Å². The van der Waals surface area contributed by atoms with Crippen LogP contribution in [0.5, 0.6) is 11.5 Å². The number of rotatable bonds is 4. The maximum atomic E-state index is 13.5. The first-order valence-electron chi connectivity index (χ1n) is 8.28. The molecule has 1 fully saturated rings. The van der Waals surface area contributed by atoms with Crippen LogP contribution < -0.4 is 14.8 Å². The zero-order chi connectivity index (χ0) is 18.7. The maximum absolute atomic E-state index is 13.5. The third-order valence-electron chi connectivity index (χ3n) is 4.46. The molecule has 0 saturated carbocycles. The number of ether oxygens (including phenoxy) is 2. The lowest BCUT2D eigenvalue weighted by Gasteiger charge is -2.26. The van der Waals surface area contributed by atoms with Gasteiger partial charge < -0.3 is 19.7 Å². The third-order valence-corrected chi connectivity index (χ3v) is 4.76. The van der Waals surface area contributed by atoms with E-state index in [9.17, 15) is 9.18 Å². The number of amides is 2. The molecule has 2 aromatic carbocycles. The summed E-state index contributed by atoms with van der Waals surface area (Å²) in [6.07, 6.45) is 1.65. The molecule has 0 bridgehead atoms. The lowest BCUT2D eigenvalue weighted by Crippen LogP contribution is -2.34. The molecular weight excluding hydrogens is 359 g/mol. The number of likely N-dealkylation sites (tertiary alicyclic amines) is 1. The molecule has 0 radical (unpaired) electrons. The maximum Gasteiger partial charge on any atom is 0.322 e. The minimum Gasteiger partial charge on any atom is -0.495 e. The molecule has 2 amide bonds. The summed E-state index contributed by atoms with van der Waals surface area (Å²) < 4.78 is 24.0. The van der Waals surface area contributed by atoms with E-state index in [4.69, 9.17) is 21.1 Å². The minimum absolute atomic E-state index is 0.162. The molecule has 2 aromatic rings. The summed E-state index contributed by atoms with van der Waals surface area (Å²) in [5.74, 6) is 0.597. The molecule has 26 heavy (non-hydrogen) atoms. The van der Waals surface area contributed by atoms with Crippen LogP contribution in [-0.4, -0.2) is 31.7 Å². The number of halogens is 2. The van der Waals surface area contributed by atoms with Crippen molar-refractivity contribution in [2.45, 2.75) is 18.9 Å². The Morgan fingerprint density at radius 1 is 1.23 bits per heavy atom. The molecule has 1 saturated heterocycles. The molecule has 1 N–H and O–H groups in total. The number of methoxy groups -OCH3 is 2. The van der Waals surface area contributed by atoms with Crippen molar-refractivity contribution < 1.29 is 18.7 Å². The lowest BCUT2D eigenvalue weighted by atomic mass is 10.0. The number of carbonyl (C=O) groups is 1. The second kappa shape index (κ2) is 7.83. The Bertz CT molecular complexity index is 815. The van der Waals surface area contributed by atoms with Gasteiger partial charge in [0.2, 0.25) is 0 Å². The summed E-state index contributed by atoms with van der Waals surface area (Å²) >= 11 is 6.16. The quantitative estimate of drug-likeness (QED) is 0.826. The van der Waals surface area contributed by atoms with Gasteiger partial charge in [0.25, 0.3) is 0 Å². The summed E-state index contributed by atoms with van der Waals surface area (Å²) in [4.78, 5) is 14.5. The van der Waals surface area contributed by atoms with E-state index in [1.165, 1.54) is 26.4 Å². The van der Waals surface area contributed by atoms with Crippen LogP contribution in [0.15, 0.2) is 36.4 Å². The van der Waals surface area contributed by atoms with Crippen LogP contribution in [0.4, 0.5) is 14.9 Å². The largest absolute Gasteiger partial charge is 0.495 e. The first kappa shape index (κ1) is 18.3. The van der Waals surface area contributed by atoms with E-state index in [0.29, 0.717) is 28.8 Å². The normalized spacial score (nSPS) is 16.5. The molecule has 1 aliphatic rings. The van der Waals surface area contributed by atoms with E-state index in [1.807, 2.05) is 6.07 Å². The Hall–Kier alpha value is -2.47. The van der Waals surface area contributed by atoms with Crippen LogP contribution in [-0.2, 0) is 0 Å². The Balaban J connectivity index is 1.82. The van der Waals surface area contributed by atoms with Gasteiger partial charge in [-0.1, -0.05) is 23.7 Å². The molecule has 0 aromatic heterocycles. The predicted octanol–water partition coefficient (Wildman–Crippen LogP) is 4.87. The highest BCUT2D eigenvalue weighted by atomic mass is 35.5. The van der Waals surface area contributed by atoms with Gasteiger partial charge >= 0.3 is 6.03 Å². The van der Waals surface area contributed by atoms with Gasteiger partial charge in [0.1, 0.15) is 17.3 Å². The number of anilines is 1. The number of hydrogen-bond acceptors (Lipinski definition) is 3. The van der Waals surface area contributed by atoms with Crippen LogP contribution >= 0.6 is 11.6 Å². The van der Waals surface area contributed by atoms with Crippen molar-refractivity contribution in [3.05, 3.63) is 52.8 Å². The summed E-state index contributed by atoms with van der Waals surface area (Å²) in [6, 6.07) is 9.13. The van der Waals surface area contributed by atoms with E-state index >= 15 is 0 Å². The summed E-state index contributed by atoms with van der Waals surface area (Å²) in [6.45, 7) is 0.596. The van der Waals surface area contributed by atoms with Crippen LogP contribution in [0, 0.1) is 5.82 Å².